The summed E-state index contributed by atoms with van der Waals surface area (Å²) in [5.41, 5.74) is 5.58. The average molecular weight is 2070 g/mol. The maximum absolute atomic E-state index is 12.9. The van der Waals surface area contributed by atoms with Gasteiger partial charge in [-0.1, -0.05) is 273 Å². The molecule has 3 saturated heterocycles. The molecule has 9 atom stereocenters. The fraction of sp³-hybridized carbons (Fsp3) is 0.471. The number of allylic oxidation sites excluding steroid dienone is 7. The summed E-state index contributed by atoms with van der Waals surface area (Å²) in [6.07, 6.45) is 26.6. The third-order valence-electron chi connectivity index (χ3n) is 23.3. The highest BCUT2D eigenvalue weighted by Gasteiger charge is 2.34. The Balaban J connectivity index is 0.00000109. The Bertz CT molecular complexity index is 4800. The van der Waals surface area contributed by atoms with Gasteiger partial charge in [0.25, 0.3) is 0 Å². The maximum atomic E-state index is 12.9. The first-order valence-corrected chi connectivity index (χ1v) is 49.2. The number of esters is 8. The molecule has 0 spiro atoms. The van der Waals surface area contributed by atoms with Crippen molar-refractivity contribution in [3.63, 3.8) is 0 Å². The van der Waals surface area contributed by atoms with Crippen molar-refractivity contribution in [1.82, 2.24) is 0 Å². The van der Waals surface area contributed by atoms with Gasteiger partial charge in [0.1, 0.15) is 125 Å². The highest BCUT2D eigenvalue weighted by atomic mass is 16.6. The molecule has 30 nitrogen and oxygen atoms in total. The molecule has 3 heterocycles. The number of epoxide rings is 2. The minimum atomic E-state index is -1.12. The van der Waals surface area contributed by atoms with E-state index in [2.05, 4.69) is 116 Å². The zero-order valence-corrected chi connectivity index (χ0v) is 85.6. The molecule has 6 aromatic rings. The first-order valence-electron chi connectivity index (χ1n) is 49.2. The van der Waals surface area contributed by atoms with E-state index in [1.165, 1.54) is 43.4 Å². The van der Waals surface area contributed by atoms with E-state index in [4.69, 9.17) is 66.3 Å². The topological polar surface area (TPSA) is 414 Å². The van der Waals surface area contributed by atoms with Crippen molar-refractivity contribution in [3.8, 4) is 34.5 Å². The van der Waals surface area contributed by atoms with Gasteiger partial charge in [0, 0.05) is 40.5 Å². The molecular weight excluding hydrogens is 1910 g/mol. The van der Waals surface area contributed by atoms with Crippen LogP contribution in [0.4, 0.5) is 0 Å². The number of benzene rings is 6. The van der Waals surface area contributed by atoms with Crippen LogP contribution in [0.2, 0.25) is 0 Å². The van der Waals surface area contributed by atoms with E-state index in [0.29, 0.717) is 42.6 Å². The quantitative estimate of drug-likeness (QED) is 0.00524. The summed E-state index contributed by atoms with van der Waals surface area (Å²) in [5.74, 6) is -5.46. The summed E-state index contributed by atoms with van der Waals surface area (Å²) in [4.78, 5) is 127. The number of hydrogen-bond acceptors (Lipinski definition) is 28. The standard InChI is InChI=1S/C51H68O14.C27H32O8.C21H24O4.C12H18O3.C4H6O.4CH4/c1-7-11-13-15-17-19-21-37(49(56)57)31-47(54)64-43(35-62-45(52)9-3)33-60-41-27-23-39(24-28-41)51(5,6)40-25-29-42(30-26-40)61-34-44(36-63-46(53)10-4)65-48(55)32-38(50(58)59)22-20-18-16-14-12-8-2;1-5-25(30)34-17-21(28)15-32-23-11-7-19(8-12-23)27(3,4)20-9-13-24(14-10-20)33-16-22(29)18-35-26(31)6-2;1-21(2,15-3-7-17(8-4-15)22-11-19-13-24-19)16-5-9-18(10-6-16)23-12-20-14-25-20;1-2-3-4-5-6-7-8-10-9-11(13)15-12(10)14;1-3-4(2)5;;;;/h9-10,17-20,23-30,37-38,43-44H,3-4,7-8,11-16,21-22,31-36H2,1-2,5-6H3,(H,56,57)(H,58,59);5-14,21-22,28-29H,1-2,15-18H2,3-4H3;3-10,19-20H,11-14H2,1-2H3;6-7,10H,2-5,8-9H2,1H3;3H,1H2,2H3;4*1H4/b19-17+,20-18+;;;;;;;;. The molecule has 30 heteroatoms. The number of aliphatic hydroxyl groups is 2. The van der Waals surface area contributed by atoms with Crippen LogP contribution in [0.3, 0.4) is 0 Å². The van der Waals surface area contributed by atoms with E-state index in [0.717, 1.165) is 129 Å². The van der Waals surface area contributed by atoms with Gasteiger partial charge in [0.15, 0.2) is 18.0 Å². The van der Waals surface area contributed by atoms with Gasteiger partial charge in [-0.3, -0.25) is 33.6 Å². The van der Waals surface area contributed by atoms with Gasteiger partial charge < -0.3 is 91.5 Å². The van der Waals surface area contributed by atoms with E-state index >= 15 is 0 Å². The van der Waals surface area contributed by atoms with Crippen LogP contribution < -0.4 is 28.4 Å². The number of aliphatic carboxylic acids is 2. The predicted molar refractivity (Wildman–Crippen MR) is 576 cm³/mol. The lowest BCUT2D eigenvalue weighted by molar-refractivity contribution is -0.161. The van der Waals surface area contributed by atoms with Gasteiger partial charge >= 0.3 is 59.7 Å². The average Bonchev–Trinajstić information content (AvgIpc) is 1.25. The SMILES string of the molecule is C.C.C.C.C=CC(=O)OCC(COc1ccc(C(C)(C)c2ccc(OCC(COC(=O)C=C)OC(=O)CC(C/C=C/CCCCC)C(=O)O)cc2)cc1)OC(=O)CC(C/C=C/CCCCC)C(=O)O.C=CC(=O)OCC(O)COc1ccc(C(C)(C)c2ccc(OCC(O)COC(=O)C=C)cc2)cc1.C=CC(C)=O.CC(C)(c1ccc(OCC2CO2)cc1)c1ccc(OCC2CO2)cc1.CCCCCC=CCC1CC(=O)OC1=O. The Hall–Kier alpha value is -13.6. The lowest BCUT2D eigenvalue weighted by atomic mass is 9.78. The fourth-order valence-electron chi connectivity index (χ4n) is 13.8. The van der Waals surface area contributed by atoms with Gasteiger partial charge in [-0.05, 0) is 177 Å². The Kier molecular flexibility index (Phi) is 65.9. The number of ketones is 1. The number of aliphatic hydroxyl groups excluding tert-OH is 2. The van der Waals surface area contributed by atoms with E-state index < -0.39 is 89.4 Å². The number of carboxylic acid groups (broad SMARTS) is 2. The predicted octanol–water partition coefficient (Wildman–Crippen LogP) is 21.7. The minimum Gasteiger partial charge on any atom is -0.491 e. The number of carbonyl (C=O) groups is 11. The molecule has 6 aromatic carbocycles. The molecule has 149 heavy (non-hydrogen) atoms. The van der Waals surface area contributed by atoms with Crippen molar-refractivity contribution < 1.29 is 144 Å². The monoisotopic (exact) mass is 2070 g/mol. The number of carboxylic acids is 2. The first-order chi connectivity index (χ1) is 69.4. The lowest BCUT2D eigenvalue weighted by Crippen LogP contribution is -2.32. The van der Waals surface area contributed by atoms with Gasteiger partial charge in [-0.2, -0.15) is 0 Å². The second kappa shape index (κ2) is 73.5. The van der Waals surface area contributed by atoms with E-state index in [1.807, 2.05) is 129 Å². The van der Waals surface area contributed by atoms with Crippen molar-refractivity contribution in [2.75, 3.05) is 79.3 Å². The molecule has 0 radical (unpaired) electrons. The van der Waals surface area contributed by atoms with Crippen LogP contribution in [-0.4, -0.2) is 202 Å². The fourth-order valence-corrected chi connectivity index (χ4v) is 13.8. The van der Waals surface area contributed by atoms with Crippen molar-refractivity contribution in [2.24, 2.45) is 17.8 Å². The number of ether oxygens (including phenoxy) is 15. The molecule has 9 rings (SSSR count). The zero-order valence-electron chi connectivity index (χ0n) is 85.6. The van der Waals surface area contributed by atoms with Crippen LogP contribution in [-0.2, 0) is 112 Å². The number of rotatable bonds is 63. The van der Waals surface area contributed by atoms with Crippen LogP contribution in [0.1, 0.15) is 248 Å². The zero-order chi connectivity index (χ0) is 107. The molecular formula is C119H164O30. The normalized spacial score (nSPS) is 14.8. The van der Waals surface area contributed by atoms with E-state index in [1.54, 1.807) is 36.4 Å². The number of carbonyl (C=O) groups excluding carboxylic acids is 9. The molecule has 0 saturated carbocycles. The third kappa shape index (κ3) is 54.3. The summed E-state index contributed by atoms with van der Waals surface area (Å²) in [6, 6.07) is 46.3. The third-order valence-corrected chi connectivity index (χ3v) is 23.3. The minimum absolute atomic E-state index is 0. The lowest BCUT2D eigenvalue weighted by Gasteiger charge is -2.27. The van der Waals surface area contributed by atoms with Gasteiger partial charge in [-0.15, -0.1) is 0 Å². The van der Waals surface area contributed by atoms with Crippen molar-refractivity contribution in [1.29, 1.82) is 0 Å². The van der Waals surface area contributed by atoms with E-state index in [-0.39, 0.29) is 161 Å². The molecule has 3 aliphatic rings. The smallest absolute Gasteiger partial charge is 0.330 e. The second-order valence-electron chi connectivity index (χ2n) is 36.3. The molecule has 4 N–H and O–H groups in total. The number of hydrogen-bond donors (Lipinski definition) is 4. The summed E-state index contributed by atoms with van der Waals surface area (Å²) in [7, 11) is 0. The molecule has 3 aliphatic heterocycles. The van der Waals surface area contributed by atoms with Crippen molar-refractivity contribution in [3.05, 3.63) is 279 Å². The first kappa shape index (κ1) is 133. The Labute approximate surface area is 882 Å². The van der Waals surface area contributed by atoms with Crippen LogP contribution in [0.25, 0.3) is 0 Å². The van der Waals surface area contributed by atoms with Gasteiger partial charge in [0.2, 0.25) is 0 Å². The van der Waals surface area contributed by atoms with Crippen molar-refractivity contribution in [2.45, 2.75) is 267 Å². The molecule has 0 aromatic heterocycles. The van der Waals surface area contributed by atoms with Crippen molar-refractivity contribution >= 4 is 65.5 Å². The number of cyclic esters (lactones) is 2. The van der Waals surface area contributed by atoms with Gasteiger partial charge in [0.05, 0.1) is 50.2 Å². The molecule has 0 amide bonds. The molecule has 820 valence electrons. The highest BCUT2D eigenvalue weighted by molar-refractivity contribution is 5.94. The summed E-state index contributed by atoms with van der Waals surface area (Å²) < 4.78 is 80.1. The molecule has 9 unspecified atom stereocenters. The van der Waals surface area contributed by atoms with Crippen LogP contribution in [0.15, 0.2) is 245 Å². The largest absolute Gasteiger partial charge is 0.491 e. The summed E-state index contributed by atoms with van der Waals surface area (Å²) >= 11 is 0. The molecule has 0 aliphatic carbocycles. The summed E-state index contributed by atoms with van der Waals surface area (Å²) in [6.45, 7) is 38.7. The molecule has 3 fully saturated rings. The summed E-state index contributed by atoms with van der Waals surface area (Å²) in [5, 5.41) is 39.1. The van der Waals surface area contributed by atoms with E-state index in [9.17, 15) is 73.2 Å². The maximum Gasteiger partial charge on any atom is 0.330 e. The van der Waals surface area contributed by atoms with Crippen LogP contribution in [0.5, 0.6) is 34.5 Å². The molecule has 0 bridgehead atoms. The van der Waals surface area contributed by atoms with Crippen LogP contribution in [0, 0.1) is 17.8 Å². The Morgan fingerprint density at radius 3 is 0.879 bits per heavy atom. The highest BCUT2D eigenvalue weighted by Crippen LogP contribution is 2.38. The van der Waals surface area contributed by atoms with Crippen LogP contribution >= 0.6 is 0 Å². The Morgan fingerprint density at radius 2 is 0.638 bits per heavy atom. The number of unbranched alkanes of at least 4 members (excludes halogenated alkanes) is 9. The Morgan fingerprint density at radius 1 is 0.376 bits per heavy atom. The second-order valence-corrected chi connectivity index (χ2v) is 36.3. The van der Waals surface area contributed by atoms with Gasteiger partial charge in [-0.25, -0.2) is 19.2 Å².